The number of anilines is 1. The lowest BCUT2D eigenvalue weighted by molar-refractivity contribution is -0.380. The van der Waals surface area contributed by atoms with Crippen LogP contribution in [0.15, 0.2) is 67.0 Å². The molecule has 1 saturated carbocycles. The Kier molecular flexibility index (Phi) is 12.4. The molecule has 45 heavy (non-hydrogen) atoms. The van der Waals surface area contributed by atoms with Gasteiger partial charge in [-0.05, 0) is 67.6 Å². The molecule has 6 N–H and O–H groups in total. The fraction of sp³-hybridized carbons (Fsp3) is 0.333. The number of benzene rings is 2. The SMILES string of the molecule is O=C([O-])C(F)(F)F.[NH3+]CC1CCC(C(=O)N[C@@H](Cc2ccc(Oc3ncccn3)cc2)C(=O)Nc2cccc(C(=O)O)c2)CC1. The molecule has 1 atom stereocenters. The van der Waals surface area contributed by atoms with Crippen molar-refractivity contribution in [2.75, 3.05) is 11.9 Å². The molecule has 1 fully saturated rings. The predicted molar refractivity (Wildman–Crippen MR) is 150 cm³/mol. The number of carboxylic acids is 2. The molecule has 12 nitrogen and oxygen atoms in total. The third-order valence-electron chi connectivity index (χ3n) is 6.98. The van der Waals surface area contributed by atoms with Gasteiger partial charge in [0.2, 0.25) is 11.8 Å². The normalized spacial score (nSPS) is 16.7. The predicted octanol–water partition coefficient (Wildman–Crippen LogP) is 1.98. The number of ether oxygens (including phenoxy) is 1. The number of aliphatic carboxylic acids is 1. The van der Waals surface area contributed by atoms with Crippen molar-refractivity contribution in [1.29, 1.82) is 0 Å². The van der Waals surface area contributed by atoms with Crippen molar-refractivity contribution in [2.24, 2.45) is 11.8 Å². The van der Waals surface area contributed by atoms with Crippen molar-refractivity contribution in [1.82, 2.24) is 15.3 Å². The van der Waals surface area contributed by atoms with Crippen LogP contribution in [-0.2, 0) is 20.8 Å². The number of carbonyl (C=O) groups excluding carboxylic acids is 3. The summed E-state index contributed by atoms with van der Waals surface area (Å²) in [6.07, 6.45) is 1.66. The second-order valence-corrected chi connectivity index (χ2v) is 10.2. The highest BCUT2D eigenvalue weighted by atomic mass is 19.4. The van der Waals surface area contributed by atoms with Crippen molar-refractivity contribution in [3.05, 3.63) is 78.1 Å². The highest BCUT2D eigenvalue weighted by molar-refractivity contribution is 5.98. The van der Waals surface area contributed by atoms with Gasteiger partial charge in [-0.3, -0.25) is 9.59 Å². The van der Waals surface area contributed by atoms with E-state index in [1.807, 2.05) is 12.1 Å². The van der Waals surface area contributed by atoms with Crippen molar-refractivity contribution in [3.8, 4) is 11.8 Å². The van der Waals surface area contributed by atoms with Crippen molar-refractivity contribution in [2.45, 2.75) is 44.3 Å². The van der Waals surface area contributed by atoms with Gasteiger partial charge in [0.15, 0.2) is 0 Å². The van der Waals surface area contributed by atoms with Gasteiger partial charge in [-0.2, -0.15) is 13.2 Å². The van der Waals surface area contributed by atoms with Crippen LogP contribution in [0.5, 0.6) is 11.8 Å². The Morgan fingerprint density at radius 1 is 1.00 bits per heavy atom. The van der Waals surface area contributed by atoms with Crippen molar-refractivity contribution in [3.63, 3.8) is 0 Å². The Bertz CT molecular complexity index is 1450. The number of rotatable bonds is 10. The van der Waals surface area contributed by atoms with Crippen LogP contribution in [0.25, 0.3) is 0 Å². The zero-order chi connectivity index (χ0) is 33.0. The van der Waals surface area contributed by atoms with Gasteiger partial charge in [-0.15, -0.1) is 0 Å². The largest absolute Gasteiger partial charge is 0.542 e. The number of aromatic nitrogens is 2. The standard InChI is InChI=1S/C28H31N5O5.C2HF3O2/c29-17-19-5-9-20(10-6-19)25(34)33-24(26(35)32-22-4-1-3-21(16-22)27(36)37)15-18-7-11-23(12-8-18)38-28-30-13-2-14-31-28;3-2(4,5)1(6)7/h1-4,7-8,11-14,16,19-20,24H,5-6,9-10,15,17,29H2,(H,32,35)(H,33,34)(H,36,37);(H,6,7)/t19?,20?,24-;/m0./s1. The van der Waals surface area contributed by atoms with E-state index in [4.69, 9.17) is 14.6 Å². The summed E-state index contributed by atoms with van der Waals surface area (Å²) in [6.45, 7) is 0.866. The van der Waals surface area contributed by atoms with Gasteiger partial charge in [-0.25, -0.2) is 14.8 Å². The van der Waals surface area contributed by atoms with Crippen LogP contribution in [0, 0.1) is 11.8 Å². The van der Waals surface area contributed by atoms with E-state index in [1.165, 1.54) is 12.1 Å². The summed E-state index contributed by atoms with van der Waals surface area (Å²) in [5.74, 6) is -3.73. The molecular weight excluding hydrogens is 599 g/mol. The molecule has 0 bridgehead atoms. The van der Waals surface area contributed by atoms with Gasteiger partial charge in [0, 0.05) is 36.3 Å². The van der Waals surface area contributed by atoms with E-state index in [0.717, 1.165) is 37.8 Å². The summed E-state index contributed by atoms with van der Waals surface area (Å²) < 4.78 is 37.2. The molecule has 0 radical (unpaired) electrons. The van der Waals surface area contributed by atoms with Crippen LogP contribution in [-0.4, -0.2) is 57.6 Å². The van der Waals surface area contributed by atoms with E-state index < -0.39 is 30.1 Å². The number of aromatic carboxylic acids is 1. The van der Waals surface area contributed by atoms with Crippen molar-refractivity contribution >= 4 is 29.4 Å². The van der Waals surface area contributed by atoms with E-state index in [0.29, 0.717) is 17.4 Å². The lowest BCUT2D eigenvalue weighted by Crippen LogP contribution is -2.54. The molecule has 0 unspecified atom stereocenters. The number of amides is 2. The second-order valence-electron chi connectivity index (χ2n) is 10.2. The topological polar surface area (TPSA) is 198 Å². The van der Waals surface area contributed by atoms with Crippen molar-refractivity contribution < 1.29 is 53.0 Å². The van der Waals surface area contributed by atoms with Crippen LogP contribution in [0.4, 0.5) is 18.9 Å². The monoisotopic (exact) mass is 631 g/mol. The number of nitrogens with one attached hydrogen (secondary N) is 2. The first-order valence-electron chi connectivity index (χ1n) is 13.9. The van der Waals surface area contributed by atoms with Gasteiger partial charge in [0.25, 0.3) is 0 Å². The molecule has 2 aromatic carbocycles. The fourth-order valence-electron chi connectivity index (χ4n) is 4.54. The second kappa shape index (κ2) is 16.1. The van der Waals surface area contributed by atoms with E-state index >= 15 is 0 Å². The molecule has 2 amide bonds. The van der Waals surface area contributed by atoms with Gasteiger partial charge < -0.3 is 36.1 Å². The average molecular weight is 632 g/mol. The molecular formula is C30H32F3N5O7. The molecule has 0 saturated heterocycles. The Labute approximate surface area is 255 Å². The molecule has 0 spiro atoms. The number of quaternary nitrogens is 1. The summed E-state index contributed by atoms with van der Waals surface area (Å²) in [6, 6.07) is 14.2. The lowest BCUT2D eigenvalue weighted by Gasteiger charge is -2.27. The Morgan fingerprint density at radius 2 is 1.62 bits per heavy atom. The van der Waals surface area contributed by atoms with E-state index in [2.05, 4.69) is 26.3 Å². The first kappa shape index (κ1) is 34.4. The summed E-state index contributed by atoms with van der Waals surface area (Å²) in [5.41, 5.74) is 5.19. The summed E-state index contributed by atoms with van der Waals surface area (Å²) in [5, 5.41) is 23.8. The van der Waals surface area contributed by atoms with Gasteiger partial charge in [0.1, 0.15) is 17.8 Å². The molecule has 3 aromatic rings. The van der Waals surface area contributed by atoms with Crippen LogP contribution in [0.1, 0.15) is 41.6 Å². The number of alkyl halides is 3. The van der Waals surface area contributed by atoms with Crippen LogP contribution in [0.2, 0.25) is 0 Å². The third-order valence-corrected chi connectivity index (χ3v) is 6.98. The molecule has 1 aliphatic rings. The first-order chi connectivity index (χ1) is 21.3. The van der Waals surface area contributed by atoms with Crippen LogP contribution >= 0.6 is 0 Å². The lowest BCUT2D eigenvalue weighted by atomic mass is 9.81. The molecule has 1 aromatic heterocycles. The third kappa shape index (κ3) is 11.2. The number of halogens is 3. The van der Waals surface area contributed by atoms with Gasteiger partial charge >= 0.3 is 18.2 Å². The summed E-state index contributed by atoms with van der Waals surface area (Å²) in [4.78, 5) is 54.6. The van der Waals surface area contributed by atoms with E-state index in [-0.39, 0.29) is 29.8 Å². The minimum Gasteiger partial charge on any atom is -0.542 e. The fourth-order valence-corrected chi connectivity index (χ4v) is 4.54. The molecule has 1 heterocycles. The number of carboxylic acid groups (broad SMARTS) is 2. The molecule has 1 aliphatic carbocycles. The zero-order valence-electron chi connectivity index (χ0n) is 24.0. The number of hydrogen-bond acceptors (Lipinski definition) is 8. The Hall–Kier alpha value is -5.05. The van der Waals surface area contributed by atoms with E-state index in [9.17, 15) is 32.7 Å². The molecule has 4 rings (SSSR count). The van der Waals surface area contributed by atoms with Crippen LogP contribution < -0.4 is 26.2 Å². The number of carbonyl (C=O) groups is 4. The molecule has 0 aliphatic heterocycles. The molecule has 15 heteroatoms. The zero-order valence-corrected chi connectivity index (χ0v) is 24.0. The Morgan fingerprint density at radius 3 is 2.18 bits per heavy atom. The first-order valence-corrected chi connectivity index (χ1v) is 13.9. The average Bonchev–Trinajstić information content (AvgIpc) is 3.02. The molecule has 240 valence electrons. The highest BCUT2D eigenvalue weighted by Crippen LogP contribution is 2.28. The number of nitrogens with zero attached hydrogens (tertiary/aromatic N) is 2. The quantitative estimate of drug-likeness (QED) is 0.258. The Balaban J connectivity index is 0.000000707. The van der Waals surface area contributed by atoms with Gasteiger partial charge in [-0.1, -0.05) is 18.2 Å². The minimum atomic E-state index is -5.19. The number of hydrogen-bond donors (Lipinski definition) is 4. The summed E-state index contributed by atoms with van der Waals surface area (Å²) >= 11 is 0. The minimum absolute atomic E-state index is 0.0588. The smallest absolute Gasteiger partial charge is 0.430 e. The maximum atomic E-state index is 13.3. The van der Waals surface area contributed by atoms with Gasteiger partial charge in [0.05, 0.1) is 12.1 Å². The maximum Gasteiger partial charge on any atom is 0.430 e. The van der Waals surface area contributed by atoms with E-state index in [1.54, 1.807) is 42.7 Å². The highest BCUT2D eigenvalue weighted by Gasteiger charge is 2.30. The summed E-state index contributed by atoms with van der Waals surface area (Å²) in [7, 11) is 0. The maximum absolute atomic E-state index is 13.3. The van der Waals surface area contributed by atoms with Crippen LogP contribution in [0.3, 0.4) is 0 Å².